The molecule has 1 aliphatic rings. The molecule has 1 N–H and O–H groups in total. The lowest BCUT2D eigenvalue weighted by Crippen LogP contribution is -2.38. The number of likely N-dealkylation sites (N-methyl/N-ethyl adjacent to an activating group) is 1. The number of hydrogen-bond donors (Lipinski definition) is 1. The SMILES string of the molecule is CNC1COCC1(C)C. The second kappa shape index (κ2) is 2.27. The fraction of sp³-hybridized carbons (Fsp3) is 1.00. The minimum Gasteiger partial charge on any atom is -0.379 e. The standard InChI is InChI=1S/C7H15NO/c1-7(2)5-9-4-6(7)8-3/h6,8H,4-5H2,1-3H3. The number of hydrogen-bond acceptors (Lipinski definition) is 2. The van der Waals surface area contributed by atoms with Crippen molar-refractivity contribution in [3.63, 3.8) is 0 Å². The second-order valence-corrected chi connectivity index (χ2v) is 3.34. The van der Waals surface area contributed by atoms with E-state index >= 15 is 0 Å². The van der Waals surface area contributed by atoms with Gasteiger partial charge in [-0.15, -0.1) is 0 Å². The van der Waals surface area contributed by atoms with Crippen molar-refractivity contribution in [3.8, 4) is 0 Å². The van der Waals surface area contributed by atoms with Crippen molar-refractivity contribution in [2.24, 2.45) is 5.41 Å². The van der Waals surface area contributed by atoms with E-state index in [1.54, 1.807) is 0 Å². The maximum atomic E-state index is 5.30. The normalized spacial score (nSPS) is 33.0. The minimum absolute atomic E-state index is 0.328. The minimum atomic E-state index is 0.328. The predicted molar refractivity (Wildman–Crippen MR) is 37.4 cm³/mol. The zero-order valence-corrected chi connectivity index (χ0v) is 6.40. The van der Waals surface area contributed by atoms with Crippen molar-refractivity contribution in [2.75, 3.05) is 20.3 Å². The Balaban J connectivity index is 2.52. The Bertz CT molecular complexity index is 101. The quantitative estimate of drug-likeness (QED) is 0.560. The van der Waals surface area contributed by atoms with Gasteiger partial charge in [0.05, 0.1) is 13.2 Å². The van der Waals surface area contributed by atoms with Crippen LogP contribution in [0.2, 0.25) is 0 Å². The zero-order chi connectivity index (χ0) is 6.91. The molecular formula is C7H15NO. The van der Waals surface area contributed by atoms with Gasteiger partial charge in [0.1, 0.15) is 0 Å². The predicted octanol–water partition coefficient (Wildman–Crippen LogP) is 0.631. The monoisotopic (exact) mass is 129 g/mol. The van der Waals surface area contributed by atoms with Gasteiger partial charge in [0.2, 0.25) is 0 Å². The van der Waals surface area contributed by atoms with E-state index in [-0.39, 0.29) is 0 Å². The van der Waals surface area contributed by atoms with Crippen molar-refractivity contribution < 1.29 is 4.74 Å². The first-order chi connectivity index (χ1) is 4.17. The first kappa shape index (κ1) is 7.03. The summed E-state index contributed by atoms with van der Waals surface area (Å²) < 4.78 is 5.30. The number of nitrogens with one attached hydrogen (secondary N) is 1. The van der Waals surface area contributed by atoms with Crippen LogP contribution in [0.25, 0.3) is 0 Å². The van der Waals surface area contributed by atoms with E-state index < -0.39 is 0 Å². The molecule has 0 aromatic heterocycles. The molecule has 1 saturated heterocycles. The first-order valence-electron chi connectivity index (χ1n) is 3.42. The highest BCUT2D eigenvalue weighted by Gasteiger charge is 2.34. The molecule has 1 rings (SSSR count). The molecule has 0 aromatic rings. The van der Waals surface area contributed by atoms with Crippen LogP contribution in [-0.2, 0) is 4.74 Å². The highest BCUT2D eigenvalue weighted by atomic mass is 16.5. The lowest BCUT2D eigenvalue weighted by atomic mass is 9.88. The summed E-state index contributed by atoms with van der Waals surface area (Å²) in [7, 11) is 1.99. The summed E-state index contributed by atoms with van der Waals surface area (Å²) in [4.78, 5) is 0. The summed E-state index contributed by atoms with van der Waals surface area (Å²) in [5.74, 6) is 0. The van der Waals surface area contributed by atoms with Crippen LogP contribution in [0.1, 0.15) is 13.8 Å². The van der Waals surface area contributed by atoms with E-state index in [1.165, 1.54) is 0 Å². The van der Waals surface area contributed by atoms with E-state index in [0.29, 0.717) is 11.5 Å². The fourth-order valence-corrected chi connectivity index (χ4v) is 1.24. The zero-order valence-electron chi connectivity index (χ0n) is 6.40. The molecule has 9 heavy (non-hydrogen) atoms. The summed E-state index contributed by atoms with van der Waals surface area (Å²) in [5.41, 5.74) is 0.328. The summed E-state index contributed by atoms with van der Waals surface area (Å²) in [6, 6.07) is 0.539. The van der Waals surface area contributed by atoms with Crippen molar-refractivity contribution in [1.29, 1.82) is 0 Å². The molecule has 1 fully saturated rings. The van der Waals surface area contributed by atoms with Gasteiger partial charge in [0.25, 0.3) is 0 Å². The smallest absolute Gasteiger partial charge is 0.0625 e. The molecule has 1 aliphatic heterocycles. The lowest BCUT2D eigenvalue weighted by Gasteiger charge is -2.23. The summed E-state index contributed by atoms with van der Waals surface area (Å²) in [6.45, 7) is 6.20. The third kappa shape index (κ3) is 1.25. The van der Waals surface area contributed by atoms with Crippen LogP contribution in [0.3, 0.4) is 0 Å². The van der Waals surface area contributed by atoms with E-state index in [4.69, 9.17) is 4.74 Å². The van der Waals surface area contributed by atoms with Gasteiger partial charge in [-0.1, -0.05) is 13.8 Å². The van der Waals surface area contributed by atoms with E-state index in [1.807, 2.05) is 7.05 Å². The number of rotatable bonds is 1. The molecule has 2 heteroatoms. The average Bonchev–Trinajstić information content (AvgIpc) is 2.08. The largest absolute Gasteiger partial charge is 0.379 e. The van der Waals surface area contributed by atoms with Gasteiger partial charge in [-0.3, -0.25) is 0 Å². The van der Waals surface area contributed by atoms with Crippen LogP contribution in [0.5, 0.6) is 0 Å². The molecule has 0 spiro atoms. The van der Waals surface area contributed by atoms with Crippen molar-refractivity contribution >= 4 is 0 Å². The highest BCUT2D eigenvalue weighted by Crippen LogP contribution is 2.26. The summed E-state index contributed by atoms with van der Waals surface area (Å²) >= 11 is 0. The van der Waals surface area contributed by atoms with Gasteiger partial charge in [-0.05, 0) is 7.05 Å². The third-order valence-electron chi connectivity index (χ3n) is 2.05. The van der Waals surface area contributed by atoms with Crippen LogP contribution in [-0.4, -0.2) is 26.3 Å². The molecular weight excluding hydrogens is 114 g/mol. The first-order valence-corrected chi connectivity index (χ1v) is 3.42. The lowest BCUT2D eigenvalue weighted by molar-refractivity contribution is 0.166. The van der Waals surface area contributed by atoms with Gasteiger partial charge < -0.3 is 10.1 Å². The molecule has 1 unspecified atom stereocenters. The Kier molecular flexibility index (Phi) is 1.78. The maximum absolute atomic E-state index is 5.30. The molecule has 0 radical (unpaired) electrons. The molecule has 0 amide bonds. The van der Waals surface area contributed by atoms with Crippen LogP contribution >= 0.6 is 0 Å². The van der Waals surface area contributed by atoms with Crippen molar-refractivity contribution in [2.45, 2.75) is 19.9 Å². The molecule has 1 heterocycles. The molecule has 2 nitrogen and oxygen atoms in total. The van der Waals surface area contributed by atoms with Crippen LogP contribution in [0, 0.1) is 5.41 Å². The Morgan fingerprint density at radius 2 is 2.22 bits per heavy atom. The Morgan fingerprint density at radius 1 is 1.56 bits per heavy atom. The topological polar surface area (TPSA) is 21.3 Å². The Labute approximate surface area is 56.6 Å². The Morgan fingerprint density at radius 3 is 2.44 bits per heavy atom. The molecule has 54 valence electrons. The van der Waals surface area contributed by atoms with Gasteiger partial charge >= 0.3 is 0 Å². The van der Waals surface area contributed by atoms with Gasteiger partial charge in [-0.25, -0.2) is 0 Å². The fourth-order valence-electron chi connectivity index (χ4n) is 1.24. The average molecular weight is 129 g/mol. The van der Waals surface area contributed by atoms with Gasteiger partial charge in [0, 0.05) is 11.5 Å². The van der Waals surface area contributed by atoms with Gasteiger partial charge in [-0.2, -0.15) is 0 Å². The van der Waals surface area contributed by atoms with E-state index in [0.717, 1.165) is 13.2 Å². The maximum Gasteiger partial charge on any atom is 0.0625 e. The highest BCUT2D eigenvalue weighted by molar-refractivity contribution is 4.87. The van der Waals surface area contributed by atoms with Gasteiger partial charge in [0.15, 0.2) is 0 Å². The van der Waals surface area contributed by atoms with Crippen molar-refractivity contribution in [3.05, 3.63) is 0 Å². The molecule has 0 aromatic carbocycles. The summed E-state index contributed by atoms with van der Waals surface area (Å²) in [6.07, 6.45) is 0. The van der Waals surface area contributed by atoms with E-state index in [9.17, 15) is 0 Å². The number of ether oxygens (including phenoxy) is 1. The van der Waals surface area contributed by atoms with Crippen LogP contribution < -0.4 is 5.32 Å². The Hall–Kier alpha value is -0.0800. The summed E-state index contributed by atoms with van der Waals surface area (Å²) in [5, 5.41) is 3.23. The second-order valence-electron chi connectivity index (χ2n) is 3.34. The third-order valence-corrected chi connectivity index (χ3v) is 2.05. The van der Waals surface area contributed by atoms with Crippen LogP contribution in [0.15, 0.2) is 0 Å². The molecule has 0 bridgehead atoms. The molecule has 0 saturated carbocycles. The molecule has 1 atom stereocenters. The van der Waals surface area contributed by atoms with Crippen LogP contribution in [0.4, 0.5) is 0 Å². The van der Waals surface area contributed by atoms with E-state index in [2.05, 4.69) is 19.2 Å². The molecule has 0 aliphatic carbocycles. The van der Waals surface area contributed by atoms with Crippen molar-refractivity contribution in [1.82, 2.24) is 5.32 Å².